The number of aromatic nitrogens is 2. The number of nitrogens with zero attached hydrogens (tertiary/aromatic N) is 4. The van der Waals surface area contributed by atoms with Crippen LogP contribution in [0.25, 0.3) is 0 Å². The first-order valence-corrected chi connectivity index (χ1v) is 8.50. The zero-order valence-corrected chi connectivity index (χ0v) is 14.5. The third-order valence-electron chi connectivity index (χ3n) is 3.48. The number of rotatable bonds is 4. The van der Waals surface area contributed by atoms with Gasteiger partial charge in [0.15, 0.2) is 5.82 Å². The molecule has 2 aromatic heterocycles. The first-order valence-electron chi connectivity index (χ1n) is 7.62. The van der Waals surface area contributed by atoms with Crippen LogP contribution in [0.5, 0.6) is 0 Å². The SMILES string of the molecule is CN(C)c1nc(N2CCOCC2)ncc1NC(=O)Nc1cccs1. The summed E-state index contributed by atoms with van der Waals surface area (Å²) >= 11 is 1.46. The first kappa shape index (κ1) is 16.5. The van der Waals surface area contributed by atoms with E-state index in [1.807, 2.05) is 36.5 Å². The molecule has 0 saturated carbocycles. The van der Waals surface area contributed by atoms with Crippen LogP contribution in [0.4, 0.5) is 27.2 Å². The average molecular weight is 348 g/mol. The van der Waals surface area contributed by atoms with Gasteiger partial charge in [-0.15, -0.1) is 11.3 Å². The van der Waals surface area contributed by atoms with Gasteiger partial charge in [-0.2, -0.15) is 4.98 Å². The third kappa shape index (κ3) is 3.92. The van der Waals surface area contributed by atoms with Crippen molar-refractivity contribution in [2.75, 3.05) is 60.8 Å². The second-order valence-corrected chi connectivity index (χ2v) is 6.41. The number of morpholine rings is 1. The summed E-state index contributed by atoms with van der Waals surface area (Å²) in [6, 6.07) is 3.41. The Kier molecular flexibility index (Phi) is 5.11. The fourth-order valence-corrected chi connectivity index (χ4v) is 2.94. The van der Waals surface area contributed by atoms with Gasteiger partial charge in [0.2, 0.25) is 5.95 Å². The fourth-order valence-electron chi connectivity index (χ4n) is 2.32. The summed E-state index contributed by atoms with van der Waals surface area (Å²) in [5, 5.41) is 8.28. The second kappa shape index (κ2) is 7.45. The molecule has 3 heterocycles. The highest BCUT2D eigenvalue weighted by molar-refractivity contribution is 7.14. The van der Waals surface area contributed by atoms with Gasteiger partial charge in [0.05, 0.1) is 24.4 Å². The smallest absolute Gasteiger partial charge is 0.324 e. The van der Waals surface area contributed by atoms with Gasteiger partial charge < -0.3 is 19.9 Å². The Labute approximate surface area is 144 Å². The molecule has 1 fully saturated rings. The molecule has 8 nitrogen and oxygen atoms in total. The van der Waals surface area contributed by atoms with Crippen LogP contribution in [0.3, 0.4) is 0 Å². The molecule has 0 radical (unpaired) electrons. The van der Waals surface area contributed by atoms with Crippen molar-refractivity contribution in [3.05, 3.63) is 23.7 Å². The number of urea groups is 1. The lowest BCUT2D eigenvalue weighted by molar-refractivity contribution is 0.122. The van der Waals surface area contributed by atoms with Crippen molar-refractivity contribution in [2.24, 2.45) is 0 Å². The van der Waals surface area contributed by atoms with Crippen LogP contribution in [0, 0.1) is 0 Å². The van der Waals surface area contributed by atoms with Crippen LogP contribution in [0.2, 0.25) is 0 Å². The topological polar surface area (TPSA) is 82.6 Å². The van der Waals surface area contributed by atoms with E-state index in [0.717, 1.165) is 18.1 Å². The number of thiophene rings is 1. The molecule has 0 aliphatic carbocycles. The maximum Gasteiger partial charge on any atom is 0.324 e. The first-order chi connectivity index (χ1) is 11.6. The van der Waals surface area contributed by atoms with Crippen LogP contribution >= 0.6 is 11.3 Å². The monoisotopic (exact) mass is 348 g/mol. The lowest BCUT2D eigenvalue weighted by Crippen LogP contribution is -2.37. The average Bonchev–Trinajstić information content (AvgIpc) is 3.08. The molecule has 1 aliphatic rings. The molecule has 3 rings (SSSR count). The van der Waals surface area contributed by atoms with E-state index in [9.17, 15) is 4.79 Å². The summed E-state index contributed by atoms with van der Waals surface area (Å²) in [7, 11) is 3.77. The van der Waals surface area contributed by atoms with Crippen molar-refractivity contribution in [3.63, 3.8) is 0 Å². The van der Waals surface area contributed by atoms with Gasteiger partial charge in [-0.1, -0.05) is 0 Å². The summed E-state index contributed by atoms with van der Waals surface area (Å²) in [5.41, 5.74) is 0.561. The number of carbonyl (C=O) groups is 1. The molecule has 1 saturated heterocycles. The quantitative estimate of drug-likeness (QED) is 0.880. The molecule has 0 unspecified atom stereocenters. The highest BCUT2D eigenvalue weighted by Gasteiger charge is 2.18. The van der Waals surface area contributed by atoms with Gasteiger partial charge in [0.1, 0.15) is 5.69 Å². The lowest BCUT2D eigenvalue weighted by atomic mass is 10.4. The molecule has 9 heteroatoms. The van der Waals surface area contributed by atoms with Crippen molar-refractivity contribution >= 4 is 39.8 Å². The molecule has 2 N–H and O–H groups in total. The number of amides is 2. The Hall–Kier alpha value is -2.39. The van der Waals surface area contributed by atoms with Crippen molar-refractivity contribution in [2.45, 2.75) is 0 Å². The van der Waals surface area contributed by atoms with E-state index < -0.39 is 0 Å². The minimum absolute atomic E-state index is 0.316. The Morgan fingerprint density at radius 1 is 1.33 bits per heavy atom. The summed E-state index contributed by atoms with van der Waals surface area (Å²) in [4.78, 5) is 25.0. The summed E-state index contributed by atoms with van der Waals surface area (Å²) in [5.74, 6) is 1.30. The third-order valence-corrected chi connectivity index (χ3v) is 4.26. The summed E-state index contributed by atoms with van der Waals surface area (Å²) in [6.45, 7) is 2.87. The number of nitrogens with one attached hydrogen (secondary N) is 2. The minimum Gasteiger partial charge on any atom is -0.378 e. The van der Waals surface area contributed by atoms with Crippen molar-refractivity contribution < 1.29 is 9.53 Å². The minimum atomic E-state index is -0.316. The maximum atomic E-state index is 12.1. The number of hydrogen-bond acceptors (Lipinski definition) is 7. The van der Waals surface area contributed by atoms with Gasteiger partial charge in [-0.3, -0.25) is 5.32 Å². The van der Waals surface area contributed by atoms with E-state index in [2.05, 4.69) is 25.5 Å². The summed E-state index contributed by atoms with van der Waals surface area (Å²) in [6.07, 6.45) is 1.64. The fraction of sp³-hybridized carbons (Fsp3) is 0.400. The number of anilines is 4. The molecule has 128 valence electrons. The van der Waals surface area contributed by atoms with Gasteiger partial charge in [-0.25, -0.2) is 9.78 Å². The predicted octanol–water partition coefficient (Wildman–Crippen LogP) is 2.08. The Morgan fingerprint density at radius 2 is 2.12 bits per heavy atom. The van der Waals surface area contributed by atoms with Crippen LogP contribution in [-0.4, -0.2) is 56.4 Å². The maximum absolute atomic E-state index is 12.1. The van der Waals surface area contributed by atoms with E-state index in [-0.39, 0.29) is 6.03 Å². The van der Waals surface area contributed by atoms with Gasteiger partial charge in [0.25, 0.3) is 0 Å². The van der Waals surface area contributed by atoms with Crippen molar-refractivity contribution in [1.82, 2.24) is 9.97 Å². The normalized spacial score (nSPS) is 14.3. The van der Waals surface area contributed by atoms with E-state index in [4.69, 9.17) is 4.74 Å². The molecular formula is C15H20N6O2S. The van der Waals surface area contributed by atoms with E-state index >= 15 is 0 Å². The van der Waals surface area contributed by atoms with Gasteiger partial charge in [0, 0.05) is 27.2 Å². The van der Waals surface area contributed by atoms with Crippen LogP contribution in [-0.2, 0) is 4.74 Å². The van der Waals surface area contributed by atoms with Crippen LogP contribution < -0.4 is 20.4 Å². The van der Waals surface area contributed by atoms with Gasteiger partial charge >= 0.3 is 6.03 Å². The Bertz CT molecular complexity index is 685. The number of hydrogen-bond donors (Lipinski definition) is 2. The zero-order chi connectivity index (χ0) is 16.9. The lowest BCUT2D eigenvalue weighted by Gasteiger charge is -2.28. The second-order valence-electron chi connectivity index (χ2n) is 5.46. The largest absolute Gasteiger partial charge is 0.378 e. The van der Waals surface area contributed by atoms with Gasteiger partial charge in [-0.05, 0) is 17.5 Å². The molecule has 0 aromatic carbocycles. The van der Waals surface area contributed by atoms with Crippen molar-refractivity contribution in [1.29, 1.82) is 0 Å². The standard InChI is InChI=1S/C15H20N6O2S/c1-20(2)13-11(17-15(22)18-12-4-3-9-24-12)10-16-14(19-13)21-5-7-23-8-6-21/h3-4,9-10H,5-8H2,1-2H3,(H2,17,18,22). The van der Waals surface area contributed by atoms with E-state index in [0.29, 0.717) is 30.7 Å². The molecule has 0 spiro atoms. The molecule has 2 amide bonds. The molecule has 0 bridgehead atoms. The molecule has 24 heavy (non-hydrogen) atoms. The molecule has 2 aromatic rings. The number of ether oxygens (including phenoxy) is 1. The number of carbonyl (C=O) groups excluding carboxylic acids is 1. The van der Waals surface area contributed by atoms with Crippen LogP contribution in [0.1, 0.15) is 0 Å². The molecule has 0 atom stereocenters. The highest BCUT2D eigenvalue weighted by Crippen LogP contribution is 2.24. The zero-order valence-electron chi connectivity index (χ0n) is 13.7. The van der Waals surface area contributed by atoms with E-state index in [1.165, 1.54) is 11.3 Å². The highest BCUT2D eigenvalue weighted by atomic mass is 32.1. The molecule has 1 aliphatic heterocycles. The molecular weight excluding hydrogens is 328 g/mol. The van der Waals surface area contributed by atoms with Crippen molar-refractivity contribution in [3.8, 4) is 0 Å². The Balaban J connectivity index is 1.75. The Morgan fingerprint density at radius 3 is 2.79 bits per heavy atom. The van der Waals surface area contributed by atoms with E-state index in [1.54, 1.807) is 6.20 Å². The summed E-state index contributed by atoms with van der Waals surface area (Å²) < 4.78 is 5.35. The van der Waals surface area contributed by atoms with Crippen LogP contribution in [0.15, 0.2) is 23.7 Å². The predicted molar refractivity (Wildman–Crippen MR) is 96.4 cm³/mol.